The first-order valence-electron chi connectivity index (χ1n) is 10.2. The van der Waals surface area contributed by atoms with Gasteiger partial charge >= 0.3 is 5.97 Å². The largest absolute Gasteiger partial charge is 0.494 e. The molecule has 3 aromatic rings. The molecule has 0 saturated carbocycles. The Balaban J connectivity index is 1.45. The maximum atomic E-state index is 12.3. The second kappa shape index (κ2) is 11.7. The number of likely N-dealkylation sites (N-methyl/N-ethyl adjacent to an activating group) is 1. The van der Waals surface area contributed by atoms with E-state index < -0.39 is 5.97 Å². The molecule has 0 bridgehead atoms. The van der Waals surface area contributed by atoms with Gasteiger partial charge in [-0.15, -0.1) is 21.5 Å². The van der Waals surface area contributed by atoms with Gasteiger partial charge in [-0.2, -0.15) is 0 Å². The Morgan fingerprint density at radius 3 is 2.59 bits per heavy atom. The molecular weight excluding hydrogens is 448 g/mol. The van der Waals surface area contributed by atoms with Gasteiger partial charge in [0.05, 0.1) is 17.2 Å². The fourth-order valence-electron chi connectivity index (χ4n) is 2.91. The molecule has 0 N–H and O–H groups in total. The van der Waals surface area contributed by atoms with Crippen molar-refractivity contribution >= 4 is 35.0 Å². The number of amides is 1. The monoisotopic (exact) mass is 474 g/mol. The summed E-state index contributed by atoms with van der Waals surface area (Å²) < 4.78 is 12.5. The highest BCUT2D eigenvalue weighted by Gasteiger charge is 2.17. The SMILES string of the molecule is CCOc1ccc(CN(C)C(=O)COC(=O)CSc2nnc(-c3cccs3)n2CC)cc1. The van der Waals surface area contributed by atoms with Gasteiger partial charge in [0, 0.05) is 20.1 Å². The number of hydrogen-bond acceptors (Lipinski definition) is 8. The standard InChI is InChI=1S/C22H26N4O4S2/c1-4-26-21(18-7-6-12-31-18)23-24-22(26)32-15-20(28)30-14-19(27)25(3)13-16-8-10-17(11-9-16)29-5-2/h6-12H,4-5,13-15H2,1-3H3. The highest BCUT2D eigenvalue weighted by atomic mass is 32.2. The molecule has 0 atom stereocenters. The molecule has 0 fully saturated rings. The molecule has 8 nitrogen and oxygen atoms in total. The zero-order chi connectivity index (χ0) is 22.9. The van der Waals surface area contributed by atoms with E-state index in [4.69, 9.17) is 9.47 Å². The van der Waals surface area contributed by atoms with Crippen molar-refractivity contribution < 1.29 is 19.1 Å². The number of benzene rings is 1. The van der Waals surface area contributed by atoms with Crippen molar-refractivity contribution in [3.63, 3.8) is 0 Å². The van der Waals surface area contributed by atoms with E-state index in [9.17, 15) is 9.59 Å². The van der Waals surface area contributed by atoms with E-state index >= 15 is 0 Å². The Labute approximate surface area is 195 Å². The molecule has 0 unspecified atom stereocenters. The zero-order valence-electron chi connectivity index (χ0n) is 18.3. The molecule has 2 aromatic heterocycles. The average Bonchev–Trinajstić information content (AvgIpc) is 3.46. The molecule has 3 rings (SSSR count). The second-order valence-electron chi connectivity index (χ2n) is 6.80. The summed E-state index contributed by atoms with van der Waals surface area (Å²) in [7, 11) is 1.68. The van der Waals surface area contributed by atoms with Gasteiger partial charge in [0.1, 0.15) is 5.75 Å². The van der Waals surface area contributed by atoms with Crippen LogP contribution in [0.1, 0.15) is 19.4 Å². The smallest absolute Gasteiger partial charge is 0.316 e. The average molecular weight is 475 g/mol. The minimum Gasteiger partial charge on any atom is -0.494 e. The number of esters is 1. The van der Waals surface area contributed by atoms with Crippen molar-refractivity contribution in [1.29, 1.82) is 0 Å². The maximum absolute atomic E-state index is 12.3. The van der Waals surface area contributed by atoms with Crippen molar-refractivity contribution in [1.82, 2.24) is 19.7 Å². The van der Waals surface area contributed by atoms with Crippen LogP contribution in [0.5, 0.6) is 5.75 Å². The quantitative estimate of drug-likeness (QED) is 0.309. The minimum atomic E-state index is -0.471. The van der Waals surface area contributed by atoms with Crippen LogP contribution in [0.3, 0.4) is 0 Å². The maximum Gasteiger partial charge on any atom is 0.316 e. The van der Waals surface area contributed by atoms with Crippen LogP contribution in [0.15, 0.2) is 46.9 Å². The lowest BCUT2D eigenvalue weighted by Gasteiger charge is -2.17. The summed E-state index contributed by atoms with van der Waals surface area (Å²) >= 11 is 2.84. The van der Waals surface area contributed by atoms with E-state index in [1.165, 1.54) is 16.7 Å². The van der Waals surface area contributed by atoms with Crippen molar-refractivity contribution in [3.8, 4) is 16.5 Å². The Hall–Kier alpha value is -2.85. The van der Waals surface area contributed by atoms with E-state index in [0.717, 1.165) is 22.0 Å². The highest BCUT2D eigenvalue weighted by molar-refractivity contribution is 7.99. The molecular formula is C22H26N4O4S2. The Kier molecular flexibility index (Phi) is 8.69. The molecule has 0 aliphatic rings. The van der Waals surface area contributed by atoms with E-state index in [0.29, 0.717) is 24.9 Å². The predicted molar refractivity (Wildman–Crippen MR) is 125 cm³/mol. The van der Waals surface area contributed by atoms with Crippen LogP contribution in [0.25, 0.3) is 10.7 Å². The summed E-state index contributed by atoms with van der Waals surface area (Å²) in [6.45, 7) is 5.34. The van der Waals surface area contributed by atoms with Gasteiger partial charge < -0.3 is 18.9 Å². The van der Waals surface area contributed by atoms with Crippen LogP contribution in [0, 0.1) is 0 Å². The van der Waals surface area contributed by atoms with Crippen LogP contribution >= 0.6 is 23.1 Å². The Morgan fingerprint density at radius 2 is 1.94 bits per heavy atom. The molecule has 170 valence electrons. The number of thioether (sulfide) groups is 1. The second-order valence-corrected chi connectivity index (χ2v) is 8.69. The fraction of sp³-hybridized carbons (Fsp3) is 0.364. The number of nitrogens with zero attached hydrogens (tertiary/aromatic N) is 4. The summed E-state index contributed by atoms with van der Waals surface area (Å²) in [6.07, 6.45) is 0. The molecule has 1 aromatic carbocycles. The lowest BCUT2D eigenvalue weighted by Crippen LogP contribution is -2.31. The van der Waals surface area contributed by atoms with E-state index in [2.05, 4.69) is 10.2 Å². The normalized spacial score (nSPS) is 10.7. The van der Waals surface area contributed by atoms with E-state index in [-0.39, 0.29) is 18.3 Å². The first kappa shape index (κ1) is 23.8. The molecule has 32 heavy (non-hydrogen) atoms. The van der Waals surface area contributed by atoms with Crippen molar-refractivity contribution in [2.75, 3.05) is 26.0 Å². The number of hydrogen-bond donors (Lipinski definition) is 0. The van der Waals surface area contributed by atoms with Gasteiger partial charge in [-0.1, -0.05) is 30.0 Å². The Morgan fingerprint density at radius 1 is 1.16 bits per heavy atom. The number of carbonyl (C=O) groups excluding carboxylic acids is 2. The first-order chi connectivity index (χ1) is 15.5. The summed E-state index contributed by atoms with van der Waals surface area (Å²) in [5, 5.41) is 11.1. The fourth-order valence-corrected chi connectivity index (χ4v) is 4.42. The van der Waals surface area contributed by atoms with Gasteiger partial charge in [0.15, 0.2) is 17.6 Å². The summed E-state index contributed by atoms with van der Waals surface area (Å²) in [5.74, 6) is 0.885. The van der Waals surface area contributed by atoms with Gasteiger partial charge in [-0.25, -0.2) is 0 Å². The minimum absolute atomic E-state index is 0.0540. The summed E-state index contributed by atoms with van der Waals surface area (Å²) in [5.41, 5.74) is 0.964. The van der Waals surface area contributed by atoms with Crippen molar-refractivity contribution in [3.05, 3.63) is 47.3 Å². The van der Waals surface area contributed by atoms with Crippen LogP contribution < -0.4 is 4.74 Å². The predicted octanol–water partition coefficient (Wildman–Crippen LogP) is 3.72. The van der Waals surface area contributed by atoms with Gasteiger partial charge in [0.2, 0.25) is 0 Å². The number of ether oxygens (including phenoxy) is 2. The number of carbonyl (C=O) groups is 2. The number of rotatable bonds is 11. The van der Waals surface area contributed by atoms with Gasteiger partial charge in [-0.05, 0) is 43.0 Å². The molecule has 0 spiro atoms. The van der Waals surface area contributed by atoms with Crippen LogP contribution in [-0.2, 0) is 27.4 Å². The molecule has 2 heterocycles. The van der Waals surface area contributed by atoms with Gasteiger partial charge in [0.25, 0.3) is 5.91 Å². The molecule has 0 aliphatic heterocycles. The van der Waals surface area contributed by atoms with Crippen LogP contribution in [-0.4, -0.2) is 57.6 Å². The summed E-state index contributed by atoms with van der Waals surface area (Å²) in [4.78, 5) is 27.0. The van der Waals surface area contributed by atoms with Crippen molar-refractivity contribution in [2.24, 2.45) is 0 Å². The molecule has 1 amide bonds. The van der Waals surface area contributed by atoms with Crippen LogP contribution in [0.4, 0.5) is 0 Å². The van der Waals surface area contributed by atoms with Crippen molar-refractivity contribution in [2.45, 2.75) is 32.1 Å². The molecule has 10 heteroatoms. The first-order valence-corrected chi connectivity index (χ1v) is 12.1. The van der Waals surface area contributed by atoms with Gasteiger partial charge in [-0.3, -0.25) is 9.59 Å². The number of aromatic nitrogens is 3. The lowest BCUT2D eigenvalue weighted by atomic mass is 10.2. The summed E-state index contributed by atoms with van der Waals surface area (Å²) in [6, 6.07) is 11.5. The molecule has 0 radical (unpaired) electrons. The third kappa shape index (κ3) is 6.33. The van der Waals surface area contributed by atoms with Crippen LogP contribution in [0.2, 0.25) is 0 Å². The highest BCUT2D eigenvalue weighted by Crippen LogP contribution is 2.27. The zero-order valence-corrected chi connectivity index (χ0v) is 19.9. The molecule has 0 aliphatic carbocycles. The molecule has 0 saturated heterocycles. The third-order valence-corrected chi connectivity index (χ3v) is 6.34. The third-order valence-electron chi connectivity index (χ3n) is 4.53. The number of thiophene rings is 1. The van der Waals surface area contributed by atoms with E-state index in [1.54, 1.807) is 18.4 Å². The van der Waals surface area contributed by atoms with E-state index in [1.807, 2.05) is 60.2 Å². The lowest BCUT2D eigenvalue weighted by molar-refractivity contribution is -0.149. The topological polar surface area (TPSA) is 86.5 Å². The Bertz CT molecular complexity index is 1020.